The summed E-state index contributed by atoms with van der Waals surface area (Å²) in [7, 11) is 1.42. The molecule has 2 heterocycles. The first kappa shape index (κ1) is 9.67. The van der Waals surface area contributed by atoms with Crippen LogP contribution >= 0.6 is 0 Å². The van der Waals surface area contributed by atoms with Crippen LogP contribution in [0.3, 0.4) is 0 Å². The molecule has 2 rings (SSSR count). The monoisotopic (exact) mass is 195 g/mol. The Balaban J connectivity index is 2.02. The summed E-state index contributed by atoms with van der Waals surface area (Å²) in [6.07, 6.45) is 1.67. The minimum Gasteiger partial charge on any atom is -0.406 e. The highest BCUT2D eigenvalue weighted by atomic mass is 16.6. The van der Waals surface area contributed by atoms with Crippen LogP contribution in [0.5, 0.6) is 0 Å². The largest absolute Gasteiger partial charge is 0.517 e. The summed E-state index contributed by atoms with van der Waals surface area (Å²) in [5.74, 6) is 0. The van der Waals surface area contributed by atoms with Gasteiger partial charge < -0.3 is 9.31 Å². The summed E-state index contributed by atoms with van der Waals surface area (Å²) in [5, 5.41) is 8.11. The molecule has 0 N–H and O–H groups in total. The van der Waals surface area contributed by atoms with Gasteiger partial charge in [0.2, 0.25) is 0 Å². The average Bonchev–Trinajstić information content (AvgIpc) is 2.52. The zero-order valence-corrected chi connectivity index (χ0v) is 8.73. The minimum absolute atomic E-state index is 0.0959. The summed E-state index contributed by atoms with van der Waals surface area (Å²) < 4.78 is 11.1. The van der Waals surface area contributed by atoms with Gasteiger partial charge in [0.25, 0.3) is 0 Å². The molecule has 0 aliphatic carbocycles. The SMILES string of the molecule is Cn1ncc(B2OCC(C)(C)CO2)n1. The van der Waals surface area contributed by atoms with Gasteiger partial charge in [0, 0.05) is 25.7 Å². The van der Waals surface area contributed by atoms with E-state index in [2.05, 4.69) is 24.0 Å². The molecule has 1 aromatic rings. The van der Waals surface area contributed by atoms with Gasteiger partial charge in [-0.2, -0.15) is 15.0 Å². The fourth-order valence-corrected chi connectivity index (χ4v) is 1.33. The molecular formula is C8H14BN3O2. The number of hydrogen-bond donors (Lipinski definition) is 0. The number of rotatable bonds is 1. The van der Waals surface area contributed by atoms with Gasteiger partial charge in [0.05, 0.1) is 6.20 Å². The third kappa shape index (κ3) is 1.96. The maximum atomic E-state index is 5.55. The molecule has 0 atom stereocenters. The van der Waals surface area contributed by atoms with E-state index < -0.39 is 0 Å². The molecule has 5 nitrogen and oxygen atoms in total. The van der Waals surface area contributed by atoms with Crippen molar-refractivity contribution in [2.24, 2.45) is 12.5 Å². The van der Waals surface area contributed by atoms with Gasteiger partial charge >= 0.3 is 7.12 Å². The fraction of sp³-hybridized carbons (Fsp3) is 0.750. The lowest BCUT2D eigenvalue weighted by molar-refractivity contribution is 0.0339. The second-order valence-corrected chi connectivity index (χ2v) is 4.38. The van der Waals surface area contributed by atoms with Crippen molar-refractivity contribution in [2.45, 2.75) is 13.8 Å². The van der Waals surface area contributed by atoms with Crippen molar-refractivity contribution < 1.29 is 9.31 Å². The van der Waals surface area contributed by atoms with E-state index in [1.165, 1.54) is 4.80 Å². The van der Waals surface area contributed by atoms with E-state index in [1.807, 2.05) is 0 Å². The van der Waals surface area contributed by atoms with Crippen molar-refractivity contribution in [3.8, 4) is 0 Å². The minimum atomic E-state index is -0.350. The maximum absolute atomic E-state index is 5.55. The molecule has 0 aromatic carbocycles. The molecule has 0 bridgehead atoms. The Hall–Kier alpha value is -0.875. The quantitative estimate of drug-likeness (QED) is 0.571. The molecule has 76 valence electrons. The molecule has 1 aliphatic rings. The van der Waals surface area contributed by atoms with Crippen molar-refractivity contribution >= 4 is 12.7 Å². The Morgan fingerprint density at radius 2 is 2.07 bits per heavy atom. The molecule has 6 heteroatoms. The molecule has 0 unspecified atom stereocenters. The Morgan fingerprint density at radius 3 is 2.57 bits per heavy atom. The number of aryl methyl sites for hydroxylation is 1. The first-order valence-corrected chi connectivity index (χ1v) is 4.66. The lowest BCUT2D eigenvalue weighted by Gasteiger charge is -2.32. The first-order valence-electron chi connectivity index (χ1n) is 4.66. The second kappa shape index (κ2) is 3.36. The van der Waals surface area contributed by atoms with Gasteiger partial charge in [0.15, 0.2) is 0 Å². The number of nitrogens with zero attached hydrogens (tertiary/aromatic N) is 3. The van der Waals surface area contributed by atoms with E-state index in [-0.39, 0.29) is 12.5 Å². The third-order valence-electron chi connectivity index (χ3n) is 2.11. The lowest BCUT2D eigenvalue weighted by Crippen LogP contribution is -2.48. The maximum Gasteiger partial charge on any atom is 0.517 e. The summed E-state index contributed by atoms with van der Waals surface area (Å²) >= 11 is 0. The molecule has 1 aromatic heterocycles. The molecule has 1 fully saturated rings. The van der Waals surface area contributed by atoms with E-state index in [1.54, 1.807) is 13.2 Å². The van der Waals surface area contributed by atoms with E-state index >= 15 is 0 Å². The van der Waals surface area contributed by atoms with E-state index in [0.29, 0.717) is 13.2 Å². The van der Waals surface area contributed by atoms with E-state index in [4.69, 9.17) is 9.31 Å². The van der Waals surface area contributed by atoms with Crippen molar-refractivity contribution in [3.05, 3.63) is 6.20 Å². The highest BCUT2D eigenvalue weighted by Gasteiger charge is 2.35. The molecular weight excluding hydrogens is 181 g/mol. The Labute approximate surface area is 83.5 Å². The van der Waals surface area contributed by atoms with Crippen LogP contribution in [0.15, 0.2) is 6.20 Å². The second-order valence-electron chi connectivity index (χ2n) is 4.38. The van der Waals surface area contributed by atoms with Gasteiger partial charge in [0.1, 0.15) is 5.59 Å². The fourth-order valence-electron chi connectivity index (χ4n) is 1.33. The molecule has 0 radical (unpaired) electrons. The lowest BCUT2D eigenvalue weighted by atomic mass is 9.81. The third-order valence-corrected chi connectivity index (χ3v) is 2.11. The molecule has 0 spiro atoms. The van der Waals surface area contributed by atoms with Gasteiger partial charge in [-0.15, -0.1) is 0 Å². The Morgan fingerprint density at radius 1 is 1.43 bits per heavy atom. The zero-order valence-electron chi connectivity index (χ0n) is 8.73. The molecule has 0 saturated carbocycles. The van der Waals surface area contributed by atoms with Crippen LogP contribution in [-0.4, -0.2) is 35.3 Å². The van der Waals surface area contributed by atoms with E-state index in [9.17, 15) is 0 Å². The standard InChI is InChI=1S/C8H14BN3O2/c1-8(2)5-13-9(14-6-8)7-4-10-12(3)11-7/h4H,5-6H2,1-3H3. The van der Waals surface area contributed by atoms with Crippen molar-refractivity contribution in [1.29, 1.82) is 0 Å². The van der Waals surface area contributed by atoms with Crippen LogP contribution < -0.4 is 5.59 Å². The average molecular weight is 195 g/mol. The molecule has 1 saturated heterocycles. The summed E-state index contributed by atoms with van der Waals surface area (Å²) in [6, 6.07) is 0. The van der Waals surface area contributed by atoms with Crippen molar-refractivity contribution in [2.75, 3.05) is 13.2 Å². The van der Waals surface area contributed by atoms with Gasteiger partial charge in [-0.25, -0.2) is 0 Å². The zero-order chi connectivity index (χ0) is 10.2. The van der Waals surface area contributed by atoms with Crippen LogP contribution in [0.25, 0.3) is 0 Å². The smallest absolute Gasteiger partial charge is 0.406 e. The van der Waals surface area contributed by atoms with Crippen molar-refractivity contribution in [3.63, 3.8) is 0 Å². The van der Waals surface area contributed by atoms with Crippen LogP contribution in [-0.2, 0) is 16.4 Å². The molecule has 1 aliphatic heterocycles. The predicted octanol–water partition coefficient (Wildman–Crippen LogP) is -0.417. The highest BCUT2D eigenvalue weighted by Crippen LogP contribution is 2.20. The van der Waals surface area contributed by atoms with Crippen LogP contribution in [0.2, 0.25) is 0 Å². The topological polar surface area (TPSA) is 49.2 Å². The van der Waals surface area contributed by atoms with Crippen LogP contribution in [0, 0.1) is 5.41 Å². The number of aromatic nitrogens is 3. The van der Waals surface area contributed by atoms with E-state index in [0.717, 1.165) is 5.59 Å². The Bertz CT molecular complexity index is 316. The van der Waals surface area contributed by atoms with Gasteiger partial charge in [-0.1, -0.05) is 13.8 Å². The summed E-state index contributed by atoms with van der Waals surface area (Å²) in [5.41, 5.74) is 0.835. The molecule has 0 amide bonds. The van der Waals surface area contributed by atoms with Crippen LogP contribution in [0.4, 0.5) is 0 Å². The van der Waals surface area contributed by atoms with Gasteiger partial charge in [-0.3, -0.25) is 0 Å². The highest BCUT2D eigenvalue weighted by molar-refractivity contribution is 6.60. The first-order chi connectivity index (χ1) is 6.57. The Kier molecular flexibility index (Phi) is 2.32. The summed E-state index contributed by atoms with van der Waals surface area (Å²) in [4.78, 5) is 1.50. The van der Waals surface area contributed by atoms with Crippen molar-refractivity contribution in [1.82, 2.24) is 15.0 Å². The summed E-state index contributed by atoms with van der Waals surface area (Å²) in [6.45, 7) is 5.60. The van der Waals surface area contributed by atoms with Gasteiger partial charge in [-0.05, 0) is 0 Å². The molecule has 14 heavy (non-hydrogen) atoms. The van der Waals surface area contributed by atoms with Crippen LogP contribution in [0.1, 0.15) is 13.8 Å². The number of hydrogen-bond acceptors (Lipinski definition) is 4. The predicted molar refractivity (Wildman–Crippen MR) is 52.1 cm³/mol. The normalized spacial score (nSPS) is 21.2.